The predicted molar refractivity (Wildman–Crippen MR) is 95.2 cm³/mol. The predicted octanol–water partition coefficient (Wildman–Crippen LogP) is 3.28. The molecule has 0 saturated carbocycles. The van der Waals surface area contributed by atoms with Crippen LogP contribution in [0.5, 0.6) is 0 Å². The van der Waals surface area contributed by atoms with E-state index in [0.29, 0.717) is 19.3 Å². The summed E-state index contributed by atoms with van der Waals surface area (Å²) in [5, 5.41) is 10.5. The quantitative estimate of drug-likeness (QED) is 0.723. The van der Waals surface area contributed by atoms with Crippen molar-refractivity contribution in [2.24, 2.45) is 10.2 Å². The van der Waals surface area contributed by atoms with Crippen molar-refractivity contribution in [1.29, 1.82) is 0 Å². The second-order valence-corrected chi connectivity index (χ2v) is 6.80. The molecule has 0 aliphatic carbocycles. The molecule has 2 aliphatic rings. The maximum Gasteiger partial charge on any atom is 0.418 e. The first-order valence-electron chi connectivity index (χ1n) is 8.90. The molecular formula is C19H19F3N4O2. The summed E-state index contributed by atoms with van der Waals surface area (Å²) < 4.78 is 39.6. The van der Waals surface area contributed by atoms with E-state index in [-0.39, 0.29) is 31.0 Å². The third-order valence-electron chi connectivity index (χ3n) is 4.85. The molecule has 3 rings (SSSR count). The lowest BCUT2D eigenvalue weighted by atomic mass is 10.0. The van der Waals surface area contributed by atoms with E-state index < -0.39 is 29.4 Å². The van der Waals surface area contributed by atoms with Crippen molar-refractivity contribution in [3.8, 4) is 12.3 Å². The van der Waals surface area contributed by atoms with Gasteiger partial charge in [0.05, 0.1) is 11.3 Å². The molecule has 1 N–H and O–H groups in total. The normalized spacial score (nSPS) is 20.1. The van der Waals surface area contributed by atoms with Crippen molar-refractivity contribution < 1.29 is 22.8 Å². The van der Waals surface area contributed by atoms with Crippen LogP contribution >= 0.6 is 0 Å². The summed E-state index contributed by atoms with van der Waals surface area (Å²) in [5.41, 5.74) is -1.66. The van der Waals surface area contributed by atoms with Crippen molar-refractivity contribution in [2.45, 2.75) is 50.0 Å². The lowest BCUT2D eigenvalue weighted by Gasteiger charge is -2.21. The van der Waals surface area contributed by atoms with E-state index in [1.54, 1.807) is 0 Å². The van der Waals surface area contributed by atoms with Gasteiger partial charge >= 0.3 is 6.18 Å². The molecule has 2 heterocycles. The number of carbonyl (C=O) groups excluding carboxylic acids is 2. The Hall–Kier alpha value is -2.89. The Morgan fingerprint density at radius 2 is 2.04 bits per heavy atom. The van der Waals surface area contributed by atoms with Crippen LogP contribution in [0.2, 0.25) is 0 Å². The SMILES string of the molecule is C#CCCC1(CCC(=O)NC2CCN(c3ccccc3C(F)(F)F)C2=O)N=N1. The maximum atomic E-state index is 13.2. The molecule has 0 bridgehead atoms. The highest BCUT2D eigenvalue weighted by atomic mass is 19.4. The zero-order valence-corrected chi connectivity index (χ0v) is 15.0. The maximum absolute atomic E-state index is 13.2. The first kappa shape index (κ1) is 19.9. The third-order valence-corrected chi connectivity index (χ3v) is 4.85. The Labute approximate surface area is 160 Å². The van der Waals surface area contributed by atoms with Gasteiger partial charge in [0.15, 0.2) is 5.66 Å². The van der Waals surface area contributed by atoms with Gasteiger partial charge in [0.1, 0.15) is 6.04 Å². The highest BCUT2D eigenvalue weighted by Crippen LogP contribution is 2.38. The van der Waals surface area contributed by atoms with Crippen LogP contribution in [0.3, 0.4) is 0 Å². The third kappa shape index (κ3) is 4.32. The summed E-state index contributed by atoms with van der Waals surface area (Å²) in [7, 11) is 0. The van der Waals surface area contributed by atoms with Crippen molar-refractivity contribution in [2.75, 3.05) is 11.4 Å². The summed E-state index contributed by atoms with van der Waals surface area (Å²) in [5.74, 6) is 1.59. The highest BCUT2D eigenvalue weighted by molar-refractivity contribution is 6.01. The fourth-order valence-electron chi connectivity index (χ4n) is 3.25. The molecule has 9 heteroatoms. The number of hydrogen-bond donors (Lipinski definition) is 1. The van der Waals surface area contributed by atoms with E-state index in [9.17, 15) is 22.8 Å². The van der Waals surface area contributed by atoms with Crippen LogP contribution in [0.25, 0.3) is 0 Å². The van der Waals surface area contributed by atoms with E-state index in [2.05, 4.69) is 21.5 Å². The number of benzene rings is 1. The van der Waals surface area contributed by atoms with Gasteiger partial charge in [0.25, 0.3) is 0 Å². The number of amides is 2. The first-order valence-corrected chi connectivity index (χ1v) is 8.90. The Kier molecular flexibility index (Phi) is 5.40. The van der Waals surface area contributed by atoms with Gasteiger partial charge < -0.3 is 10.2 Å². The molecule has 0 radical (unpaired) electrons. The zero-order chi connectivity index (χ0) is 20.4. The average molecular weight is 392 g/mol. The molecule has 0 aromatic heterocycles. The lowest BCUT2D eigenvalue weighted by molar-refractivity contribution is -0.137. The summed E-state index contributed by atoms with van der Waals surface area (Å²) in [6.07, 6.45) is 2.47. The van der Waals surface area contributed by atoms with E-state index >= 15 is 0 Å². The minimum Gasteiger partial charge on any atom is -0.344 e. The minimum absolute atomic E-state index is 0.105. The Bertz CT molecular complexity index is 838. The number of anilines is 1. The zero-order valence-electron chi connectivity index (χ0n) is 15.0. The molecule has 1 atom stereocenters. The molecule has 2 aliphatic heterocycles. The van der Waals surface area contributed by atoms with Crippen LogP contribution in [0, 0.1) is 12.3 Å². The Balaban J connectivity index is 1.58. The molecule has 0 spiro atoms. The number of nitrogens with one attached hydrogen (secondary N) is 1. The number of para-hydroxylation sites is 1. The van der Waals surface area contributed by atoms with Gasteiger partial charge in [0, 0.05) is 32.2 Å². The number of rotatable bonds is 7. The van der Waals surface area contributed by atoms with Crippen LogP contribution in [-0.2, 0) is 15.8 Å². The number of terminal acetylenes is 1. The van der Waals surface area contributed by atoms with Crippen LogP contribution in [-0.4, -0.2) is 30.1 Å². The number of nitrogens with zero attached hydrogens (tertiary/aromatic N) is 3. The molecule has 1 aromatic carbocycles. The second kappa shape index (κ2) is 7.62. The van der Waals surface area contributed by atoms with Gasteiger partial charge in [0.2, 0.25) is 11.8 Å². The molecule has 1 aromatic rings. The van der Waals surface area contributed by atoms with Gasteiger partial charge in [-0.25, -0.2) is 0 Å². The van der Waals surface area contributed by atoms with Crippen molar-refractivity contribution in [3.05, 3.63) is 29.8 Å². The lowest BCUT2D eigenvalue weighted by Crippen LogP contribution is -2.42. The largest absolute Gasteiger partial charge is 0.418 e. The van der Waals surface area contributed by atoms with Crippen LogP contribution in [0.4, 0.5) is 18.9 Å². The fraction of sp³-hybridized carbons (Fsp3) is 0.474. The summed E-state index contributed by atoms with van der Waals surface area (Å²) in [6, 6.07) is 4.07. The van der Waals surface area contributed by atoms with Gasteiger partial charge in [-0.05, 0) is 18.6 Å². The summed E-state index contributed by atoms with van der Waals surface area (Å²) in [4.78, 5) is 25.8. The Morgan fingerprint density at radius 1 is 1.32 bits per heavy atom. The smallest absolute Gasteiger partial charge is 0.344 e. The topological polar surface area (TPSA) is 74.1 Å². The second-order valence-electron chi connectivity index (χ2n) is 6.80. The molecular weight excluding hydrogens is 373 g/mol. The van der Waals surface area contributed by atoms with Crippen LogP contribution < -0.4 is 10.2 Å². The number of alkyl halides is 3. The number of carbonyl (C=O) groups is 2. The van der Waals surface area contributed by atoms with E-state index in [1.807, 2.05) is 0 Å². The van der Waals surface area contributed by atoms with E-state index in [4.69, 9.17) is 6.42 Å². The van der Waals surface area contributed by atoms with Crippen molar-refractivity contribution in [3.63, 3.8) is 0 Å². The molecule has 148 valence electrons. The summed E-state index contributed by atoms with van der Waals surface area (Å²) >= 11 is 0. The Morgan fingerprint density at radius 3 is 2.68 bits per heavy atom. The molecule has 2 amide bonds. The van der Waals surface area contributed by atoms with Gasteiger partial charge in [-0.15, -0.1) is 12.3 Å². The fourth-order valence-corrected chi connectivity index (χ4v) is 3.25. The van der Waals surface area contributed by atoms with E-state index in [0.717, 1.165) is 11.0 Å². The van der Waals surface area contributed by atoms with Gasteiger partial charge in [-0.2, -0.15) is 23.4 Å². The molecule has 28 heavy (non-hydrogen) atoms. The van der Waals surface area contributed by atoms with Crippen molar-refractivity contribution >= 4 is 17.5 Å². The summed E-state index contributed by atoms with van der Waals surface area (Å²) in [6.45, 7) is 0.105. The monoisotopic (exact) mass is 392 g/mol. The first-order chi connectivity index (χ1) is 13.3. The molecule has 1 unspecified atom stereocenters. The molecule has 1 fully saturated rings. The standard InChI is InChI=1S/C19H19F3N4O2/c1-2-3-10-18(24-25-18)11-8-16(27)23-14-9-12-26(17(14)28)15-7-5-4-6-13(15)19(20,21)22/h1,4-7,14H,3,8-12H2,(H,23,27). The van der Waals surface area contributed by atoms with Crippen molar-refractivity contribution in [1.82, 2.24) is 5.32 Å². The number of halogens is 3. The highest BCUT2D eigenvalue weighted by Gasteiger charge is 2.41. The average Bonchev–Trinajstić information content (AvgIpc) is 3.35. The van der Waals surface area contributed by atoms with Gasteiger partial charge in [-0.3, -0.25) is 9.59 Å². The minimum atomic E-state index is -4.57. The molecule has 6 nitrogen and oxygen atoms in total. The molecule has 1 saturated heterocycles. The van der Waals surface area contributed by atoms with Gasteiger partial charge in [-0.1, -0.05) is 12.1 Å². The number of hydrogen-bond acceptors (Lipinski definition) is 4. The van der Waals surface area contributed by atoms with Crippen LogP contribution in [0.15, 0.2) is 34.5 Å². The van der Waals surface area contributed by atoms with E-state index in [1.165, 1.54) is 18.2 Å². The van der Waals surface area contributed by atoms with Crippen LogP contribution in [0.1, 0.15) is 37.7 Å².